The van der Waals surface area contributed by atoms with E-state index in [-0.39, 0.29) is 24.2 Å². The number of aromatic nitrogens is 2. The second-order valence-corrected chi connectivity index (χ2v) is 7.21. The number of piperidine rings is 1. The number of benzene rings is 2. The van der Waals surface area contributed by atoms with E-state index in [2.05, 4.69) is 10.2 Å². The van der Waals surface area contributed by atoms with E-state index in [1.165, 1.54) is 23.1 Å². The second-order valence-electron chi connectivity index (χ2n) is 7.21. The summed E-state index contributed by atoms with van der Waals surface area (Å²) in [6.07, 6.45) is -3.28. The quantitative estimate of drug-likeness (QED) is 0.538. The molecule has 0 N–H and O–H groups in total. The molecular formula is C21H16F5N3O2. The number of amides is 1. The summed E-state index contributed by atoms with van der Waals surface area (Å²) >= 11 is 0. The van der Waals surface area contributed by atoms with Crippen molar-refractivity contribution in [2.45, 2.75) is 24.9 Å². The molecule has 5 nitrogen and oxygen atoms in total. The highest BCUT2D eigenvalue weighted by atomic mass is 19.4. The molecule has 1 atom stereocenters. The van der Waals surface area contributed by atoms with E-state index in [0.717, 1.165) is 24.3 Å². The van der Waals surface area contributed by atoms with Gasteiger partial charge >= 0.3 is 6.18 Å². The minimum Gasteiger partial charge on any atom is -0.420 e. The molecule has 31 heavy (non-hydrogen) atoms. The van der Waals surface area contributed by atoms with Gasteiger partial charge in [-0.05, 0) is 49.2 Å². The largest absolute Gasteiger partial charge is 0.420 e. The van der Waals surface area contributed by atoms with Crippen LogP contribution in [0.2, 0.25) is 0 Å². The molecule has 1 aliphatic rings. The molecule has 0 saturated carbocycles. The SMILES string of the molecule is O=C(c1c(F)cccc1F)N1CCCC(c2nnc(-c3ccc(C(F)(F)F)cc3)o2)C1. The Morgan fingerprint density at radius 1 is 1.03 bits per heavy atom. The van der Waals surface area contributed by atoms with E-state index in [1.807, 2.05) is 0 Å². The third kappa shape index (κ3) is 4.28. The maximum absolute atomic E-state index is 14.0. The molecule has 1 aromatic heterocycles. The van der Waals surface area contributed by atoms with E-state index in [1.54, 1.807) is 0 Å². The van der Waals surface area contributed by atoms with Crippen LogP contribution in [-0.4, -0.2) is 34.1 Å². The minimum absolute atomic E-state index is 0.0484. The van der Waals surface area contributed by atoms with Gasteiger partial charge in [0.2, 0.25) is 11.8 Å². The number of hydrogen-bond acceptors (Lipinski definition) is 4. The maximum Gasteiger partial charge on any atom is 0.416 e. The van der Waals surface area contributed by atoms with Crippen molar-refractivity contribution in [1.29, 1.82) is 0 Å². The first-order valence-corrected chi connectivity index (χ1v) is 9.48. The Bertz CT molecular complexity index is 1070. The smallest absolute Gasteiger partial charge is 0.416 e. The fourth-order valence-electron chi connectivity index (χ4n) is 3.54. The lowest BCUT2D eigenvalue weighted by Gasteiger charge is -2.31. The lowest BCUT2D eigenvalue weighted by molar-refractivity contribution is -0.137. The van der Waals surface area contributed by atoms with Crippen molar-refractivity contribution in [2.24, 2.45) is 0 Å². The Kier molecular flexibility index (Phi) is 5.47. The highest BCUT2D eigenvalue weighted by molar-refractivity contribution is 5.94. The van der Waals surface area contributed by atoms with Crippen LogP contribution < -0.4 is 0 Å². The van der Waals surface area contributed by atoms with E-state index in [0.29, 0.717) is 24.9 Å². The third-order valence-electron chi connectivity index (χ3n) is 5.13. The number of carbonyl (C=O) groups is 1. The maximum atomic E-state index is 14.0. The van der Waals surface area contributed by atoms with Crippen molar-refractivity contribution in [3.05, 3.63) is 71.1 Å². The lowest BCUT2D eigenvalue weighted by atomic mass is 9.97. The molecule has 2 heterocycles. The molecule has 0 radical (unpaired) electrons. The molecule has 0 aliphatic carbocycles. The van der Waals surface area contributed by atoms with Crippen molar-refractivity contribution < 1.29 is 31.2 Å². The molecule has 1 aliphatic heterocycles. The predicted octanol–water partition coefficient (Wildman–Crippen LogP) is 5.05. The van der Waals surface area contributed by atoms with Crippen LogP contribution in [0.1, 0.15) is 40.6 Å². The summed E-state index contributed by atoms with van der Waals surface area (Å²) in [4.78, 5) is 14.0. The molecule has 162 valence electrons. The first-order valence-electron chi connectivity index (χ1n) is 9.48. The van der Waals surface area contributed by atoms with Crippen molar-refractivity contribution in [3.8, 4) is 11.5 Å². The molecule has 1 amide bonds. The van der Waals surface area contributed by atoms with Crippen LogP contribution >= 0.6 is 0 Å². The molecule has 4 rings (SSSR count). The van der Waals surface area contributed by atoms with Gasteiger partial charge in [0.25, 0.3) is 5.91 Å². The van der Waals surface area contributed by atoms with Crippen LogP contribution in [0.3, 0.4) is 0 Å². The summed E-state index contributed by atoms with van der Waals surface area (Å²) in [5.74, 6) is -2.73. The Morgan fingerprint density at radius 3 is 2.35 bits per heavy atom. The summed E-state index contributed by atoms with van der Waals surface area (Å²) in [6, 6.07) is 7.53. The van der Waals surface area contributed by atoms with Crippen LogP contribution in [0, 0.1) is 11.6 Å². The molecule has 0 spiro atoms. The third-order valence-corrected chi connectivity index (χ3v) is 5.13. The Labute approximate surface area is 173 Å². The van der Waals surface area contributed by atoms with Crippen molar-refractivity contribution in [3.63, 3.8) is 0 Å². The number of rotatable bonds is 3. The van der Waals surface area contributed by atoms with Gasteiger partial charge in [0.15, 0.2) is 0 Å². The lowest BCUT2D eigenvalue weighted by Crippen LogP contribution is -2.40. The highest BCUT2D eigenvalue weighted by Gasteiger charge is 2.32. The van der Waals surface area contributed by atoms with Gasteiger partial charge in [-0.25, -0.2) is 8.78 Å². The Morgan fingerprint density at radius 2 is 1.71 bits per heavy atom. The predicted molar refractivity (Wildman–Crippen MR) is 99.0 cm³/mol. The fraction of sp³-hybridized carbons (Fsp3) is 0.286. The fourth-order valence-corrected chi connectivity index (χ4v) is 3.54. The van der Waals surface area contributed by atoms with Crippen LogP contribution in [-0.2, 0) is 6.18 Å². The minimum atomic E-state index is -4.45. The zero-order chi connectivity index (χ0) is 22.2. The second kappa shape index (κ2) is 8.09. The summed E-state index contributed by atoms with van der Waals surface area (Å²) in [6.45, 7) is 0.449. The van der Waals surface area contributed by atoms with Crippen molar-refractivity contribution >= 4 is 5.91 Å². The molecule has 2 aromatic carbocycles. The molecule has 0 bridgehead atoms. The van der Waals surface area contributed by atoms with Crippen LogP contribution in [0.25, 0.3) is 11.5 Å². The van der Waals surface area contributed by atoms with Gasteiger partial charge in [0.05, 0.1) is 11.5 Å². The van der Waals surface area contributed by atoms with Crippen molar-refractivity contribution in [1.82, 2.24) is 15.1 Å². The first kappa shape index (κ1) is 21.0. The molecule has 1 unspecified atom stereocenters. The average molecular weight is 437 g/mol. The van der Waals surface area contributed by atoms with Crippen LogP contribution in [0.15, 0.2) is 46.9 Å². The van der Waals surface area contributed by atoms with E-state index >= 15 is 0 Å². The zero-order valence-corrected chi connectivity index (χ0v) is 16.0. The number of nitrogens with zero attached hydrogens (tertiary/aromatic N) is 3. The number of carbonyl (C=O) groups excluding carboxylic acids is 1. The van der Waals surface area contributed by atoms with Gasteiger partial charge in [0, 0.05) is 18.7 Å². The standard InChI is InChI=1S/C21H16F5N3O2/c22-15-4-1-5-16(23)17(15)20(30)29-10-2-3-13(11-29)19-28-27-18(31-19)12-6-8-14(9-7-12)21(24,25)26/h1,4-9,13H,2-3,10-11H2. The van der Waals surface area contributed by atoms with Gasteiger partial charge in [0.1, 0.15) is 17.2 Å². The van der Waals surface area contributed by atoms with E-state index < -0.39 is 34.8 Å². The van der Waals surface area contributed by atoms with E-state index in [9.17, 15) is 26.7 Å². The average Bonchev–Trinajstić information content (AvgIpc) is 3.23. The summed E-state index contributed by atoms with van der Waals surface area (Å²) in [5.41, 5.74) is -1.08. The number of likely N-dealkylation sites (tertiary alicyclic amines) is 1. The molecule has 3 aromatic rings. The van der Waals surface area contributed by atoms with Gasteiger partial charge in [-0.3, -0.25) is 4.79 Å². The van der Waals surface area contributed by atoms with Gasteiger partial charge < -0.3 is 9.32 Å². The Hall–Kier alpha value is -3.30. The van der Waals surface area contributed by atoms with Gasteiger partial charge in [-0.1, -0.05) is 6.07 Å². The van der Waals surface area contributed by atoms with Gasteiger partial charge in [-0.2, -0.15) is 13.2 Å². The summed E-state index contributed by atoms with van der Waals surface area (Å²) in [7, 11) is 0. The Balaban J connectivity index is 1.51. The van der Waals surface area contributed by atoms with Crippen LogP contribution in [0.4, 0.5) is 22.0 Å². The van der Waals surface area contributed by atoms with Gasteiger partial charge in [-0.15, -0.1) is 10.2 Å². The normalized spacial score (nSPS) is 17.1. The number of alkyl halides is 3. The number of halogens is 5. The first-order chi connectivity index (χ1) is 14.7. The number of hydrogen-bond donors (Lipinski definition) is 0. The van der Waals surface area contributed by atoms with Crippen molar-refractivity contribution in [2.75, 3.05) is 13.1 Å². The molecular weight excluding hydrogens is 421 g/mol. The summed E-state index contributed by atoms with van der Waals surface area (Å²) in [5, 5.41) is 7.85. The highest BCUT2D eigenvalue weighted by Crippen LogP contribution is 2.32. The zero-order valence-electron chi connectivity index (χ0n) is 16.0. The molecule has 1 saturated heterocycles. The summed E-state index contributed by atoms with van der Waals surface area (Å²) < 4.78 is 71.7. The monoisotopic (exact) mass is 437 g/mol. The molecule has 1 fully saturated rings. The molecule has 10 heteroatoms. The van der Waals surface area contributed by atoms with Crippen LogP contribution in [0.5, 0.6) is 0 Å². The topological polar surface area (TPSA) is 59.2 Å². The van der Waals surface area contributed by atoms with E-state index in [4.69, 9.17) is 4.42 Å².